The first-order valence-electron chi connectivity index (χ1n) is 2.41. The number of thiocarbonyl (C=S) groups is 1. The zero-order chi connectivity index (χ0) is 7.28. The fraction of sp³-hybridized carbons (Fsp3) is 0.500. The Morgan fingerprint density at radius 1 is 1.67 bits per heavy atom. The van der Waals surface area contributed by atoms with E-state index in [4.69, 9.17) is 18.0 Å². The SMILES string of the molecule is CN=C(N)NC(=S)NC. The summed E-state index contributed by atoms with van der Waals surface area (Å²) in [6.45, 7) is 0. The molecule has 0 saturated carbocycles. The van der Waals surface area contributed by atoms with E-state index in [1.165, 1.54) is 0 Å². The molecule has 0 atom stereocenters. The Bertz CT molecular complexity index is 131. The Morgan fingerprint density at radius 3 is 2.56 bits per heavy atom. The zero-order valence-corrected chi connectivity index (χ0v) is 6.25. The van der Waals surface area contributed by atoms with Crippen LogP contribution in [0.1, 0.15) is 0 Å². The molecule has 0 amide bonds. The van der Waals surface area contributed by atoms with Gasteiger partial charge in [0, 0.05) is 14.1 Å². The van der Waals surface area contributed by atoms with Crippen LogP contribution in [0.2, 0.25) is 0 Å². The molecule has 0 heterocycles. The minimum Gasteiger partial charge on any atom is -0.370 e. The number of hydrogen-bond donors (Lipinski definition) is 3. The third-order valence-electron chi connectivity index (χ3n) is 0.710. The molecular formula is C4H10N4S. The van der Waals surface area contributed by atoms with Gasteiger partial charge in [0.25, 0.3) is 0 Å². The Balaban J connectivity index is 3.60. The van der Waals surface area contributed by atoms with Gasteiger partial charge in [-0.2, -0.15) is 0 Å². The van der Waals surface area contributed by atoms with Crippen LogP contribution in [0.5, 0.6) is 0 Å². The van der Waals surface area contributed by atoms with Crippen LogP contribution < -0.4 is 16.4 Å². The van der Waals surface area contributed by atoms with E-state index in [0.29, 0.717) is 11.1 Å². The second-order valence-electron chi connectivity index (χ2n) is 1.31. The molecule has 4 nitrogen and oxygen atoms in total. The number of nitrogens with zero attached hydrogens (tertiary/aromatic N) is 1. The average Bonchev–Trinajstić information content (AvgIpc) is 1.87. The summed E-state index contributed by atoms with van der Waals surface area (Å²) < 4.78 is 0. The second kappa shape index (κ2) is 4.08. The van der Waals surface area contributed by atoms with Crippen LogP contribution in [0, 0.1) is 0 Å². The highest BCUT2D eigenvalue weighted by Gasteiger charge is 1.90. The summed E-state index contributed by atoms with van der Waals surface area (Å²) in [5.74, 6) is 0.314. The van der Waals surface area contributed by atoms with E-state index in [9.17, 15) is 0 Å². The molecule has 0 aromatic carbocycles. The maximum Gasteiger partial charge on any atom is 0.194 e. The van der Waals surface area contributed by atoms with Crippen LogP contribution >= 0.6 is 12.2 Å². The normalized spacial score (nSPS) is 10.7. The molecule has 52 valence electrons. The topological polar surface area (TPSA) is 62.4 Å². The molecule has 0 radical (unpaired) electrons. The van der Waals surface area contributed by atoms with Crippen molar-refractivity contribution in [1.29, 1.82) is 0 Å². The van der Waals surface area contributed by atoms with Gasteiger partial charge in [0.2, 0.25) is 0 Å². The monoisotopic (exact) mass is 146 g/mol. The molecule has 0 aromatic rings. The molecular weight excluding hydrogens is 136 g/mol. The molecule has 9 heavy (non-hydrogen) atoms. The van der Waals surface area contributed by atoms with E-state index in [-0.39, 0.29) is 0 Å². The van der Waals surface area contributed by atoms with Crippen LogP contribution in [-0.4, -0.2) is 25.2 Å². The molecule has 0 fully saturated rings. The van der Waals surface area contributed by atoms with Crippen molar-refractivity contribution in [2.75, 3.05) is 14.1 Å². The fourth-order valence-corrected chi connectivity index (χ4v) is 0.339. The second-order valence-corrected chi connectivity index (χ2v) is 1.72. The lowest BCUT2D eigenvalue weighted by Gasteiger charge is -2.03. The summed E-state index contributed by atoms with van der Waals surface area (Å²) in [5, 5.41) is 5.79. The number of hydrogen-bond acceptors (Lipinski definition) is 2. The minimum absolute atomic E-state index is 0.314. The standard InChI is InChI=1S/C4H10N4S/c1-6-3(5)8-4(9)7-2/h1-2H3,(H4,5,6,7,8,9). The van der Waals surface area contributed by atoms with Crippen LogP contribution in [0.15, 0.2) is 4.99 Å². The van der Waals surface area contributed by atoms with Gasteiger partial charge in [0.1, 0.15) is 0 Å². The minimum atomic E-state index is 0.314. The first-order valence-corrected chi connectivity index (χ1v) is 2.82. The number of nitrogens with one attached hydrogen (secondary N) is 2. The molecule has 0 aliphatic heterocycles. The molecule has 0 bridgehead atoms. The third-order valence-corrected chi connectivity index (χ3v) is 1.02. The zero-order valence-electron chi connectivity index (χ0n) is 5.43. The van der Waals surface area contributed by atoms with Crippen molar-refractivity contribution < 1.29 is 0 Å². The number of rotatable bonds is 0. The van der Waals surface area contributed by atoms with Crippen LogP contribution in [0.4, 0.5) is 0 Å². The maximum absolute atomic E-state index is 5.26. The summed E-state index contributed by atoms with van der Waals surface area (Å²) in [5.41, 5.74) is 5.26. The van der Waals surface area contributed by atoms with Crippen molar-refractivity contribution in [2.24, 2.45) is 10.7 Å². The van der Waals surface area contributed by atoms with Gasteiger partial charge >= 0.3 is 0 Å². The Hall–Kier alpha value is -0.840. The largest absolute Gasteiger partial charge is 0.370 e. The lowest BCUT2D eigenvalue weighted by Crippen LogP contribution is -2.41. The molecule has 0 unspecified atom stereocenters. The van der Waals surface area contributed by atoms with Gasteiger partial charge in [-0.05, 0) is 12.2 Å². The van der Waals surface area contributed by atoms with E-state index in [1.54, 1.807) is 14.1 Å². The van der Waals surface area contributed by atoms with Gasteiger partial charge in [-0.3, -0.25) is 4.99 Å². The average molecular weight is 146 g/mol. The van der Waals surface area contributed by atoms with Crippen molar-refractivity contribution in [3.8, 4) is 0 Å². The van der Waals surface area contributed by atoms with E-state index >= 15 is 0 Å². The summed E-state index contributed by atoms with van der Waals surface area (Å²) in [4.78, 5) is 3.63. The van der Waals surface area contributed by atoms with Gasteiger partial charge in [0.15, 0.2) is 11.1 Å². The summed E-state index contributed by atoms with van der Waals surface area (Å²) in [7, 11) is 3.29. The molecule has 0 spiro atoms. The summed E-state index contributed by atoms with van der Waals surface area (Å²) >= 11 is 4.71. The van der Waals surface area contributed by atoms with Gasteiger partial charge in [-0.25, -0.2) is 0 Å². The van der Waals surface area contributed by atoms with E-state index in [2.05, 4.69) is 15.6 Å². The molecule has 0 aromatic heterocycles. The van der Waals surface area contributed by atoms with E-state index < -0.39 is 0 Å². The number of guanidine groups is 1. The predicted molar refractivity (Wildman–Crippen MR) is 42.3 cm³/mol. The Labute approximate surface area is 59.5 Å². The van der Waals surface area contributed by atoms with Gasteiger partial charge in [-0.15, -0.1) is 0 Å². The van der Waals surface area contributed by atoms with Crippen molar-refractivity contribution in [3.63, 3.8) is 0 Å². The van der Waals surface area contributed by atoms with Gasteiger partial charge in [-0.1, -0.05) is 0 Å². The highest BCUT2D eigenvalue weighted by atomic mass is 32.1. The first kappa shape index (κ1) is 8.16. The van der Waals surface area contributed by atoms with Crippen molar-refractivity contribution >= 4 is 23.3 Å². The molecule has 0 aliphatic carbocycles. The summed E-state index contributed by atoms with van der Waals surface area (Å²) in [6, 6.07) is 0. The number of aliphatic imine (C=N–C) groups is 1. The van der Waals surface area contributed by atoms with Crippen LogP contribution in [0.3, 0.4) is 0 Å². The summed E-state index contributed by atoms with van der Waals surface area (Å²) in [6.07, 6.45) is 0. The highest BCUT2D eigenvalue weighted by molar-refractivity contribution is 7.80. The maximum atomic E-state index is 5.26. The van der Waals surface area contributed by atoms with Gasteiger partial charge in [0.05, 0.1) is 0 Å². The van der Waals surface area contributed by atoms with E-state index in [1.807, 2.05) is 0 Å². The lowest BCUT2D eigenvalue weighted by molar-refractivity contribution is 1.11. The quantitative estimate of drug-likeness (QED) is 0.234. The fourth-order valence-electron chi connectivity index (χ4n) is 0.235. The van der Waals surface area contributed by atoms with Crippen molar-refractivity contribution in [2.45, 2.75) is 0 Å². The van der Waals surface area contributed by atoms with Crippen LogP contribution in [-0.2, 0) is 0 Å². The Kier molecular flexibility index (Phi) is 3.70. The first-order chi connectivity index (χ1) is 4.20. The van der Waals surface area contributed by atoms with Crippen LogP contribution in [0.25, 0.3) is 0 Å². The predicted octanol–water partition coefficient (Wildman–Crippen LogP) is -0.975. The van der Waals surface area contributed by atoms with E-state index in [0.717, 1.165) is 0 Å². The molecule has 4 N–H and O–H groups in total. The van der Waals surface area contributed by atoms with Crippen molar-refractivity contribution in [1.82, 2.24) is 10.6 Å². The lowest BCUT2D eigenvalue weighted by atomic mass is 10.9. The highest BCUT2D eigenvalue weighted by Crippen LogP contribution is 1.61. The van der Waals surface area contributed by atoms with Gasteiger partial charge < -0.3 is 16.4 Å². The molecule has 0 saturated heterocycles. The van der Waals surface area contributed by atoms with Crippen molar-refractivity contribution in [3.05, 3.63) is 0 Å². The number of nitrogens with two attached hydrogens (primary N) is 1. The smallest absolute Gasteiger partial charge is 0.194 e. The molecule has 5 heteroatoms. The molecule has 0 aliphatic rings. The molecule has 0 rings (SSSR count). The third kappa shape index (κ3) is 3.72. The Morgan fingerprint density at radius 2 is 2.22 bits per heavy atom.